The van der Waals surface area contributed by atoms with Crippen molar-refractivity contribution in [2.24, 2.45) is 0 Å². The molecule has 0 fully saturated rings. The van der Waals surface area contributed by atoms with Crippen molar-refractivity contribution in [1.82, 2.24) is 0 Å². The van der Waals surface area contributed by atoms with E-state index in [0.29, 0.717) is 11.3 Å². The Morgan fingerprint density at radius 1 is 1.29 bits per heavy atom. The zero-order valence-corrected chi connectivity index (χ0v) is 11.7. The molecule has 0 unspecified atom stereocenters. The predicted molar refractivity (Wildman–Crippen MR) is 76.5 cm³/mol. The minimum Gasteiger partial charge on any atom is -0.381 e. The van der Waals surface area contributed by atoms with Crippen LogP contribution in [0.5, 0.6) is 0 Å². The number of nitro benzene ring substituents is 1. The van der Waals surface area contributed by atoms with Crippen molar-refractivity contribution in [3.63, 3.8) is 0 Å². The van der Waals surface area contributed by atoms with Crippen molar-refractivity contribution in [3.8, 4) is 0 Å². The number of nitrogens with one attached hydrogen (secondary N) is 1. The van der Waals surface area contributed by atoms with Gasteiger partial charge in [-0.1, -0.05) is 11.6 Å². The van der Waals surface area contributed by atoms with Crippen LogP contribution in [0, 0.1) is 28.7 Å². The Balaban J connectivity index is 2.22. The number of rotatable bonds is 4. The maximum absolute atomic E-state index is 13.5. The number of hydrogen-bond acceptors (Lipinski definition) is 3. The highest BCUT2D eigenvalue weighted by atomic mass is 35.5. The molecule has 110 valence electrons. The zero-order valence-electron chi connectivity index (χ0n) is 11.0. The van der Waals surface area contributed by atoms with E-state index in [1.165, 1.54) is 12.1 Å². The van der Waals surface area contributed by atoms with Crippen molar-refractivity contribution in [2.75, 3.05) is 5.32 Å². The first kappa shape index (κ1) is 15.2. The van der Waals surface area contributed by atoms with E-state index < -0.39 is 16.6 Å². The van der Waals surface area contributed by atoms with Crippen LogP contribution in [0.2, 0.25) is 5.02 Å². The molecule has 0 aliphatic carbocycles. The van der Waals surface area contributed by atoms with Gasteiger partial charge in [-0.15, -0.1) is 0 Å². The Morgan fingerprint density at radius 3 is 2.67 bits per heavy atom. The van der Waals surface area contributed by atoms with Crippen molar-refractivity contribution in [3.05, 3.63) is 68.2 Å². The summed E-state index contributed by atoms with van der Waals surface area (Å²) in [5.74, 6) is -1.07. The Kier molecular flexibility index (Phi) is 4.37. The molecule has 0 saturated heterocycles. The molecule has 7 heteroatoms. The molecule has 0 amide bonds. The molecule has 0 heterocycles. The zero-order chi connectivity index (χ0) is 15.6. The fourth-order valence-corrected chi connectivity index (χ4v) is 2.10. The van der Waals surface area contributed by atoms with Crippen LogP contribution in [0.4, 0.5) is 20.2 Å². The summed E-state index contributed by atoms with van der Waals surface area (Å²) >= 11 is 5.82. The van der Waals surface area contributed by atoms with E-state index >= 15 is 0 Å². The second kappa shape index (κ2) is 6.05. The number of hydrogen-bond donors (Lipinski definition) is 1. The van der Waals surface area contributed by atoms with Crippen LogP contribution in [0.3, 0.4) is 0 Å². The van der Waals surface area contributed by atoms with E-state index in [9.17, 15) is 18.9 Å². The summed E-state index contributed by atoms with van der Waals surface area (Å²) in [4.78, 5) is 10.2. The second-order valence-corrected chi connectivity index (χ2v) is 4.87. The molecule has 21 heavy (non-hydrogen) atoms. The lowest BCUT2D eigenvalue weighted by molar-refractivity contribution is -0.384. The van der Waals surface area contributed by atoms with Gasteiger partial charge < -0.3 is 5.32 Å². The molecule has 2 aromatic carbocycles. The second-order valence-electron chi connectivity index (χ2n) is 4.46. The van der Waals surface area contributed by atoms with Crippen molar-refractivity contribution in [2.45, 2.75) is 13.5 Å². The molecule has 1 N–H and O–H groups in total. The monoisotopic (exact) mass is 312 g/mol. The van der Waals surface area contributed by atoms with Gasteiger partial charge in [0.2, 0.25) is 0 Å². The summed E-state index contributed by atoms with van der Waals surface area (Å²) in [5, 5.41) is 13.6. The molecule has 0 aromatic heterocycles. The lowest BCUT2D eigenvalue weighted by Gasteiger charge is -2.11. The number of aryl methyl sites for hydroxylation is 1. The van der Waals surface area contributed by atoms with Crippen molar-refractivity contribution >= 4 is 23.0 Å². The lowest BCUT2D eigenvalue weighted by atomic mass is 10.1. The van der Waals surface area contributed by atoms with Crippen LogP contribution in [0.25, 0.3) is 0 Å². The highest BCUT2D eigenvalue weighted by Crippen LogP contribution is 2.30. The Labute approximate surface area is 124 Å². The fraction of sp³-hybridized carbons (Fsp3) is 0.143. The lowest BCUT2D eigenvalue weighted by Crippen LogP contribution is -2.04. The minimum atomic E-state index is -0.578. The van der Waals surface area contributed by atoms with E-state index in [0.717, 1.165) is 18.2 Å². The summed E-state index contributed by atoms with van der Waals surface area (Å²) in [7, 11) is 0. The molecule has 0 bridgehead atoms. The minimum absolute atomic E-state index is 0.0205. The van der Waals surface area contributed by atoms with E-state index in [-0.39, 0.29) is 22.8 Å². The van der Waals surface area contributed by atoms with Gasteiger partial charge in [0.15, 0.2) is 0 Å². The molecular weight excluding hydrogens is 302 g/mol. The smallest absolute Gasteiger partial charge is 0.288 e. The third-order valence-electron chi connectivity index (χ3n) is 2.97. The normalized spacial score (nSPS) is 10.5. The summed E-state index contributed by atoms with van der Waals surface area (Å²) in [6, 6.07) is 5.89. The average Bonchev–Trinajstić information content (AvgIpc) is 2.42. The van der Waals surface area contributed by atoms with Gasteiger partial charge in [-0.05, 0) is 36.8 Å². The first-order valence-electron chi connectivity index (χ1n) is 6.01. The first-order chi connectivity index (χ1) is 9.88. The summed E-state index contributed by atoms with van der Waals surface area (Å²) in [6.45, 7) is 1.70. The number of benzene rings is 2. The van der Waals surface area contributed by atoms with Gasteiger partial charge in [-0.25, -0.2) is 8.78 Å². The maximum atomic E-state index is 13.5. The number of anilines is 1. The largest absolute Gasteiger partial charge is 0.381 e. The highest BCUT2D eigenvalue weighted by Gasteiger charge is 2.15. The van der Waals surface area contributed by atoms with E-state index in [4.69, 9.17) is 11.6 Å². The Hall–Kier alpha value is -2.21. The van der Waals surface area contributed by atoms with Crippen molar-refractivity contribution in [1.29, 1.82) is 0 Å². The van der Waals surface area contributed by atoms with Gasteiger partial charge in [0.1, 0.15) is 16.7 Å². The molecule has 2 rings (SSSR count). The molecule has 0 saturated carbocycles. The highest BCUT2D eigenvalue weighted by molar-refractivity contribution is 6.33. The number of halogens is 3. The molecule has 0 aliphatic rings. The van der Waals surface area contributed by atoms with Gasteiger partial charge in [0.05, 0.1) is 4.92 Å². The van der Waals surface area contributed by atoms with E-state index in [1.54, 1.807) is 6.92 Å². The van der Waals surface area contributed by atoms with Gasteiger partial charge in [0.25, 0.3) is 5.69 Å². The Bertz CT molecular complexity index is 708. The van der Waals surface area contributed by atoms with Gasteiger partial charge in [0, 0.05) is 23.9 Å². The van der Waals surface area contributed by atoms with Crippen LogP contribution in [-0.2, 0) is 6.54 Å². The van der Waals surface area contributed by atoms with Crippen LogP contribution in [0.15, 0.2) is 30.3 Å². The van der Waals surface area contributed by atoms with Gasteiger partial charge in [-0.3, -0.25) is 10.1 Å². The molecule has 0 atom stereocenters. The fourth-order valence-electron chi connectivity index (χ4n) is 1.87. The standard InChI is InChI=1S/C14H11ClF2N2O2/c1-8-4-14(19(20)21)11(15)6-13(8)18-7-9-5-10(16)2-3-12(9)17/h2-6,18H,7H2,1H3. The molecule has 0 aliphatic heterocycles. The molecule has 4 nitrogen and oxygen atoms in total. The number of nitrogens with zero attached hydrogens (tertiary/aromatic N) is 1. The third kappa shape index (κ3) is 3.46. The summed E-state index contributed by atoms with van der Waals surface area (Å²) in [5.41, 5.74) is 1.07. The Morgan fingerprint density at radius 2 is 2.00 bits per heavy atom. The average molecular weight is 313 g/mol. The summed E-state index contributed by atoms with van der Waals surface area (Å²) in [6.07, 6.45) is 0. The first-order valence-corrected chi connectivity index (χ1v) is 6.38. The van der Waals surface area contributed by atoms with Gasteiger partial charge >= 0.3 is 0 Å². The van der Waals surface area contributed by atoms with Crippen LogP contribution in [-0.4, -0.2) is 4.92 Å². The van der Waals surface area contributed by atoms with E-state index in [2.05, 4.69) is 5.32 Å². The maximum Gasteiger partial charge on any atom is 0.288 e. The molecule has 0 radical (unpaired) electrons. The summed E-state index contributed by atoms with van der Waals surface area (Å²) < 4.78 is 26.6. The SMILES string of the molecule is Cc1cc([N+](=O)[O-])c(Cl)cc1NCc1cc(F)ccc1F. The van der Waals surface area contributed by atoms with Gasteiger partial charge in [-0.2, -0.15) is 0 Å². The quantitative estimate of drug-likeness (QED) is 0.670. The molecular formula is C14H11ClF2N2O2. The third-order valence-corrected chi connectivity index (χ3v) is 3.27. The molecule has 2 aromatic rings. The predicted octanol–water partition coefficient (Wildman–Crippen LogP) is 4.45. The topological polar surface area (TPSA) is 55.2 Å². The van der Waals surface area contributed by atoms with Crippen LogP contribution in [0.1, 0.15) is 11.1 Å². The van der Waals surface area contributed by atoms with Crippen molar-refractivity contribution < 1.29 is 13.7 Å². The van der Waals surface area contributed by atoms with Crippen LogP contribution < -0.4 is 5.32 Å². The van der Waals surface area contributed by atoms with E-state index in [1.807, 2.05) is 0 Å². The molecule has 0 spiro atoms. The van der Waals surface area contributed by atoms with Crippen LogP contribution >= 0.6 is 11.6 Å². The number of nitro groups is 1.